The van der Waals surface area contributed by atoms with Crippen LogP contribution in [0.15, 0.2) is 12.2 Å². The van der Waals surface area contributed by atoms with Gasteiger partial charge in [-0.3, -0.25) is 4.79 Å². The minimum absolute atomic E-state index is 0.0333. The smallest absolute Gasteiger partial charge is 0.152 e. The van der Waals surface area contributed by atoms with Crippen LogP contribution in [0.4, 0.5) is 0 Å². The summed E-state index contributed by atoms with van der Waals surface area (Å²) in [7, 11) is 0. The van der Waals surface area contributed by atoms with Crippen molar-refractivity contribution in [2.45, 2.75) is 6.92 Å². The van der Waals surface area contributed by atoms with Gasteiger partial charge in [0.05, 0.1) is 6.61 Å². The molecule has 0 amide bonds. The van der Waals surface area contributed by atoms with Crippen LogP contribution in [0.2, 0.25) is 0 Å². The van der Waals surface area contributed by atoms with E-state index in [1.54, 1.807) is 0 Å². The Kier molecular flexibility index (Phi) is 3.24. The van der Waals surface area contributed by atoms with Gasteiger partial charge in [-0.05, 0) is 13.0 Å². The van der Waals surface area contributed by atoms with Crippen molar-refractivity contribution in [3.05, 3.63) is 12.2 Å². The first-order valence-corrected chi connectivity index (χ1v) is 2.05. The number of hydrogen-bond donors (Lipinski definition) is 1. The van der Waals surface area contributed by atoms with Crippen LogP contribution in [0.25, 0.3) is 0 Å². The fourth-order valence-electron chi connectivity index (χ4n) is 0.219. The van der Waals surface area contributed by atoms with E-state index in [0.717, 1.165) is 0 Å². The van der Waals surface area contributed by atoms with Crippen molar-refractivity contribution in [3.8, 4) is 0 Å². The Hall–Kier alpha value is -0.630. The summed E-state index contributed by atoms with van der Waals surface area (Å²) in [5, 5.41) is 8.08. The van der Waals surface area contributed by atoms with E-state index in [4.69, 9.17) is 5.11 Å². The molecule has 1 N–H and O–H groups in total. The van der Waals surface area contributed by atoms with Crippen LogP contribution in [0.1, 0.15) is 6.92 Å². The number of allylic oxidation sites excluding steroid dienone is 1. The van der Waals surface area contributed by atoms with Crippen molar-refractivity contribution in [3.63, 3.8) is 0 Å². The summed E-state index contributed by atoms with van der Waals surface area (Å²) in [6, 6.07) is 0. The fourth-order valence-corrected chi connectivity index (χ4v) is 0.219. The van der Waals surface area contributed by atoms with E-state index in [0.29, 0.717) is 0 Å². The van der Waals surface area contributed by atoms with E-state index in [2.05, 4.69) is 0 Å². The van der Waals surface area contributed by atoms with E-state index in [-0.39, 0.29) is 12.4 Å². The zero-order valence-corrected chi connectivity index (χ0v) is 4.22. The number of ketones is 1. The number of hydrogen-bond acceptors (Lipinski definition) is 2. The van der Waals surface area contributed by atoms with Crippen molar-refractivity contribution in [1.82, 2.24) is 0 Å². The minimum atomic E-state index is -0.0560. The normalized spacial score (nSPS) is 10.0. The van der Waals surface area contributed by atoms with Crippen LogP contribution < -0.4 is 0 Å². The van der Waals surface area contributed by atoms with E-state index < -0.39 is 0 Å². The van der Waals surface area contributed by atoms with Crippen LogP contribution >= 0.6 is 0 Å². The third-order valence-corrected chi connectivity index (χ3v) is 0.458. The highest BCUT2D eigenvalue weighted by Gasteiger charge is 1.76. The molecular weight excluding hydrogens is 92.1 g/mol. The topological polar surface area (TPSA) is 37.3 Å². The number of carbonyl (C=O) groups excluding carboxylic acids is 1. The van der Waals surface area contributed by atoms with Crippen molar-refractivity contribution in [2.75, 3.05) is 6.61 Å². The molecule has 0 heterocycles. The Labute approximate surface area is 42.5 Å². The van der Waals surface area contributed by atoms with E-state index >= 15 is 0 Å². The van der Waals surface area contributed by atoms with Crippen LogP contribution in [0.3, 0.4) is 0 Å². The SMILES string of the molecule is CC(=O)/C=C\CO. The van der Waals surface area contributed by atoms with E-state index in [1.807, 2.05) is 0 Å². The average Bonchev–Trinajstić information content (AvgIpc) is 1.61. The molecule has 2 nitrogen and oxygen atoms in total. The Bertz CT molecular complexity index is 84.1. The quantitative estimate of drug-likeness (QED) is 0.500. The van der Waals surface area contributed by atoms with Gasteiger partial charge in [-0.25, -0.2) is 0 Å². The van der Waals surface area contributed by atoms with Gasteiger partial charge in [-0.2, -0.15) is 0 Å². The summed E-state index contributed by atoms with van der Waals surface area (Å²) < 4.78 is 0. The molecule has 0 aromatic carbocycles. The van der Waals surface area contributed by atoms with Gasteiger partial charge in [-0.15, -0.1) is 0 Å². The predicted octanol–water partition coefficient (Wildman–Crippen LogP) is 0.124. The van der Waals surface area contributed by atoms with Gasteiger partial charge >= 0.3 is 0 Å². The first-order chi connectivity index (χ1) is 3.27. The zero-order valence-electron chi connectivity index (χ0n) is 4.22. The molecule has 0 aliphatic carbocycles. The Morgan fingerprint density at radius 1 is 1.86 bits per heavy atom. The standard InChI is InChI=1S/C5H8O2/c1-5(7)3-2-4-6/h2-3,6H,4H2,1H3/b3-2-. The first-order valence-electron chi connectivity index (χ1n) is 2.05. The molecule has 0 atom stereocenters. The molecule has 2 heteroatoms. The summed E-state index contributed by atoms with van der Waals surface area (Å²) in [4.78, 5) is 10.0. The molecule has 0 rings (SSSR count). The molecule has 0 spiro atoms. The van der Waals surface area contributed by atoms with Gasteiger partial charge < -0.3 is 5.11 Å². The fraction of sp³-hybridized carbons (Fsp3) is 0.400. The second-order valence-corrected chi connectivity index (χ2v) is 1.20. The third-order valence-electron chi connectivity index (χ3n) is 0.458. The Balaban J connectivity index is 3.26. The summed E-state index contributed by atoms with van der Waals surface area (Å²) in [6.07, 6.45) is 2.74. The molecule has 7 heavy (non-hydrogen) atoms. The van der Waals surface area contributed by atoms with Gasteiger partial charge in [0.1, 0.15) is 0 Å². The summed E-state index contributed by atoms with van der Waals surface area (Å²) >= 11 is 0. The summed E-state index contributed by atoms with van der Waals surface area (Å²) in [6.45, 7) is 1.38. The molecule has 0 bridgehead atoms. The molecule has 0 aliphatic rings. The highest BCUT2D eigenvalue weighted by Crippen LogP contribution is 1.70. The summed E-state index contributed by atoms with van der Waals surface area (Å²) in [5.41, 5.74) is 0. The Morgan fingerprint density at radius 3 is 2.57 bits per heavy atom. The van der Waals surface area contributed by atoms with Gasteiger partial charge in [-0.1, -0.05) is 6.08 Å². The van der Waals surface area contributed by atoms with Gasteiger partial charge in [0.2, 0.25) is 0 Å². The molecule has 0 saturated carbocycles. The number of rotatable bonds is 2. The highest BCUT2D eigenvalue weighted by molar-refractivity contribution is 5.87. The van der Waals surface area contributed by atoms with Crippen LogP contribution in [0.5, 0.6) is 0 Å². The van der Waals surface area contributed by atoms with Crippen LogP contribution in [-0.4, -0.2) is 17.5 Å². The molecule has 0 fully saturated rings. The number of aliphatic hydroxyl groups excluding tert-OH is 1. The first kappa shape index (κ1) is 6.37. The molecule has 0 aliphatic heterocycles. The molecule has 0 aromatic rings. The monoisotopic (exact) mass is 100 g/mol. The van der Waals surface area contributed by atoms with Gasteiger partial charge in [0.25, 0.3) is 0 Å². The number of aliphatic hydroxyl groups is 1. The lowest BCUT2D eigenvalue weighted by molar-refractivity contribution is -0.112. The second kappa shape index (κ2) is 3.56. The lowest BCUT2D eigenvalue weighted by Crippen LogP contribution is -1.80. The zero-order chi connectivity index (χ0) is 5.70. The van der Waals surface area contributed by atoms with Gasteiger partial charge in [0, 0.05) is 0 Å². The average molecular weight is 100 g/mol. The lowest BCUT2D eigenvalue weighted by Gasteiger charge is -1.74. The largest absolute Gasteiger partial charge is 0.392 e. The van der Waals surface area contributed by atoms with Crippen molar-refractivity contribution < 1.29 is 9.90 Å². The van der Waals surface area contributed by atoms with Crippen molar-refractivity contribution in [2.24, 2.45) is 0 Å². The maximum atomic E-state index is 10.0. The van der Waals surface area contributed by atoms with Crippen LogP contribution in [0, 0.1) is 0 Å². The second-order valence-electron chi connectivity index (χ2n) is 1.20. The van der Waals surface area contributed by atoms with E-state index in [9.17, 15) is 4.79 Å². The minimum Gasteiger partial charge on any atom is -0.392 e. The molecule has 0 saturated heterocycles. The highest BCUT2D eigenvalue weighted by atomic mass is 16.2. The van der Waals surface area contributed by atoms with Crippen LogP contribution in [-0.2, 0) is 4.79 Å². The third kappa shape index (κ3) is 5.37. The predicted molar refractivity (Wildman–Crippen MR) is 26.9 cm³/mol. The lowest BCUT2D eigenvalue weighted by atomic mass is 10.4. The van der Waals surface area contributed by atoms with Crippen molar-refractivity contribution in [1.29, 1.82) is 0 Å². The van der Waals surface area contributed by atoms with E-state index in [1.165, 1.54) is 19.1 Å². The maximum Gasteiger partial charge on any atom is 0.152 e. The molecule has 0 aromatic heterocycles. The van der Waals surface area contributed by atoms with Gasteiger partial charge in [0.15, 0.2) is 5.78 Å². The summed E-state index contributed by atoms with van der Waals surface area (Å²) in [5.74, 6) is -0.0333. The molecule has 0 unspecified atom stereocenters. The Morgan fingerprint density at radius 2 is 2.43 bits per heavy atom. The molecular formula is C5H8O2. The molecule has 40 valence electrons. The maximum absolute atomic E-state index is 10.0. The number of carbonyl (C=O) groups is 1. The van der Waals surface area contributed by atoms with Crippen molar-refractivity contribution >= 4 is 5.78 Å². The molecule has 0 radical (unpaired) electrons.